The highest BCUT2D eigenvalue weighted by molar-refractivity contribution is 5.84. The molecule has 0 radical (unpaired) electrons. The fraction of sp³-hybridized carbons (Fsp3) is 0.889. The predicted octanol–water partition coefficient (Wildman–Crippen LogP) is 2.89. The first-order valence-corrected chi connectivity index (χ1v) is 4.75. The van der Waals surface area contributed by atoms with Gasteiger partial charge in [-0.05, 0) is 12.8 Å². The lowest BCUT2D eigenvalue weighted by Crippen LogP contribution is -2.57. The van der Waals surface area contributed by atoms with Crippen LogP contribution in [-0.2, 0) is 4.79 Å². The Morgan fingerprint density at radius 1 is 1.06 bits per heavy atom. The highest BCUT2D eigenvalue weighted by Gasteiger charge is 2.72. The molecule has 0 aromatic rings. The number of hydrogen-bond donors (Lipinski definition) is 1. The molecule has 0 spiro atoms. The zero-order chi connectivity index (χ0) is 14.1. The molecule has 0 saturated heterocycles. The van der Waals surface area contributed by atoms with Crippen LogP contribution in [0.3, 0.4) is 0 Å². The number of alkyl halides is 6. The van der Waals surface area contributed by atoms with Crippen LogP contribution in [0.1, 0.15) is 20.8 Å². The van der Waals surface area contributed by atoms with Gasteiger partial charge in [-0.25, -0.2) is 0 Å². The average molecular weight is 265 g/mol. The molecule has 0 bridgehead atoms. The van der Waals surface area contributed by atoms with Crippen molar-refractivity contribution in [1.29, 1.82) is 0 Å². The van der Waals surface area contributed by atoms with Crippen LogP contribution in [0.5, 0.6) is 0 Å². The lowest BCUT2D eigenvalue weighted by molar-refractivity contribution is -0.319. The normalized spacial score (nSPS) is 14.0. The molecule has 0 heterocycles. The molecule has 1 amide bonds. The van der Waals surface area contributed by atoms with Gasteiger partial charge in [0.1, 0.15) is 0 Å². The van der Waals surface area contributed by atoms with E-state index in [0.29, 0.717) is 0 Å². The molecule has 0 rings (SSSR count). The minimum Gasteiger partial charge on any atom is -0.355 e. The number of carbonyl (C=O) groups is 1. The van der Waals surface area contributed by atoms with Gasteiger partial charge in [0, 0.05) is 6.54 Å². The van der Waals surface area contributed by atoms with E-state index in [1.165, 1.54) is 0 Å². The molecule has 0 saturated carbocycles. The number of halogens is 6. The van der Waals surface area contributed by atoms with Gasteiger partial charge in [0.2, 0.25) is 11.3 Å². The van der Waals surface area contributed by atoms with Crippen LogP contribution in [0.2, 0.25) is 0 Å². The van der Waals surface area contributed by atoms with E-state index in [9.17, 15) is 31.1 Å². The third kappa shape index (κ3) is 3.26. The van der Waals surface area contributed by atoms with E-state index in [-0.39, 0.29) is 19.4 Å². The maximum absolute atomic E-state index is 12.4. The summed E-state index contributed by atoms with van der Waals surface area (Å²) in [6.07, 6.45) is -11.4. The molecule has 0 aromatic heterocycles. The van der Waals surface area contributed by atoms with Crippen LogP contribution >= 0.6 is 0 Å². The van der Waals surface area contributed by atoms with Crippen molar-refractivity contribution in [2.24, 2.45) is 11.3 Å². The molecule has 0 aromatic carbocycles. The Balaban J connectivity index is 5.16. The zero-order valence-electron chi connectivity index (χ0n) is 9.46. The monoisotopic (exact) mass is 265 g/mol. The highest BCUT2D eigenvalue weighted by atomic mass is 19.4. The summed E-state index contributed by atoms with van der Waals surface area (Å²) in [6.45, 7) is 2.70. The van der Waals surface area contributed by atoms with E-state index >= 15 is 0 Å². The Bertz CT molecular complexity index is 266. The molecular formula is C9H13F6NO. The van der Waals surface area contributed by atoms with Crippen molar-refractivity contribution < 1.29 is 31.1 Å². The Labute approximate surface area is 94.4 Å². The number of nitrogens with one attached hydrogen (secondary N) is 1. The first kappa shape index (κ1) is 16.1. The second kappa shape index (κ2) is 4.73. The van der Waals surface area contributed by atoms with Crippen LogP contribution in [0.15, 0.2) is 0 Å². The number of carbonyl (C=O) groups excluding carboxylic acids is 1. The summed E-state index contributed by atoms with van der Waals surface area (Å²) in [5.74, 6) is -2.32. The van der Waals surface area contributed by atoms with Gasteiger partial charge in [0.05, 0.1) is 0 Å². The molecule has 102 valence electrons. The molecule has 8 heteroatoms. The van der Waals surface area contributed by atoms with Crippen LogP contribution in [-0.4, -0.2) is 24.8 Å². The Morgan fingerprint density at radius 2 is 1.41 bits per heavy atom. The second-order valence-corrected chi connectivity index (χ2v) is 4.22. The average Bonchev–Trinajstić information content (AvgIpc) is 2.08. The highest BCUT2D eigenvalue weighted by Crippen LogP contribution is 2.50. The fourth-order valence-corrected chi connectivity index (χ4v) is 0.892. The zero-order valence-corrected chi connectivity index (χ0v) is 9.46. The van der Waals surface area contributed by atoms with Crippen molar-refractivity contribution in [3.05, 3.63) is 0 Å². The summed E-state index contributed by atoms with van der Waals surface area (Å²) < 4.78 is 74.4. The summed E-state index contributed by atoms with van der Waals surface area (Å²) >= 11 is 0. The third-order valence-electron chi connectivity index (χ3n) is 2.26. The SMILES string of the molecule is CC(C)CNC(=O)C(C)(C(F)(F)F)C(F)(F)F. The van der Waals surface area contributed by atoms with Crippen molar-refractivity contribution in [1.82, 2.24) is 5.32 Å². The van der Waals surface area contributed by atoms with E-state index in [0.717, 1.165) is 0 Å². The molecule has 0 aliphatic heterocycles. The van der Waals surface area contributed by atoms with E-state index in [4.69, 9.17) is 0 Å². The summed E-state index contributed by atoms with van der Waals surface area (Å²) in [5, 5.41) is 1.66. The smallest absolute Gasteiger partial charge is 0.355 e. The lowest BCUT2D eigenvalue weighted by atomic mass is 9.87. The predicted molar refractivity (Wildman–Crippen MR) is 48.1 cm³/mol. The molecular weight excluding hydrogens is 252 g/mol. The van der Waals surface area contributed by atoms with Crippen LogP contribution in [0, 0.1) is 11.3 Å². The summed E-state index contributed by atoms with van der Waals surface area (Å²) in [6, 6.07) is 0. The molecule has 1 N–H and O–H groups in total. The maximum Gasteiger partial charge on any atom is 0.411 e. The molecule has 0 aliphatic rings. The lowest BCUT2D eigenvalue weighted by Gasteiger charge is -2.32. The second-order valence-electron chi connectivity index (χ2n) is 4.22. The van der Waals surface area contributed by atoms with Crippen LogP contribution in [0.25, 0.3) is 0 Å². The molecule has 0 aliphatic carbocycles. The van der Waals surface area contributed by atoms with Gasteiger partial charge in [0.25, 0.3) is 0 Å². The van der Waals surface area contributed by atoms with Gasteiger partial charge in [-0.3, -0.25) is 4.79 Å². The maximum atomic E-state index is 12.4. The minimum atomic E-state index is -5.69. The van der Waals surface area contributed by atoms with Crippen molar-refractivity contribution in [3.63, 3.8) is 0 Å². The largest absolute Gasteiger partial charge is 0.411 e. The third-order valence-corrected chi connectivity index (χ3v) is 2.26. The van der Waals surface area contributed by atoms with E-state index < -0.39 is 23.7 Å². The number of amides is 1. The number of hydrogen-bond acceptors (Lipinski definition) is 1. The molecule has 0 atom stereocenters. The van der Waals surface area contributed by atoms with Crippen LogP contribution in [0.4, 0.5) is 26.3 Å². The molecule has 0 fully saturated rings. The molecule has 0 unspecified atom stereocenters. The van der Waals surface area contributed by atoms with Crippen molar-refractivity contribution in [2.75, 3.05) is 6.54 Å². The van der Waals surface area contributed by atoms with E-state index in [2.05, 4.69) is 0 Å². The molecule has 2 nitrogen and oxygen atoms in total. The Kier molecular flexibility index (Phi) is 4.47. The number of rotatable bonds is 3. The first-order chi connectivity index (χ1) is 7.34. The van der Waals surface area contributed by atoms with Gasteiger partial charge in [-0.2, -0.15) is 26.3 Å². The fourth-order valence-electron chi connectivity index (χ4n) is 0.892. The van der Waals surface area contributed by atoms with Crippen molar-refractivity contribution >= 4 is 5.91 Å². The Morgan fingerprint density at radius 3 is 1.65 bits per heavy atom. The first-order valence-electron chi connectivity index (χ1n) is 4.75. The van der Waals surface area contributed by atoms with Crippen LogP contribution < -0.4 is 5.32 Å². The Hall–Kier alpha value is -0.950. The minimum absolute atomic E-state index is 0.164. The molecule has 17 heavy (non-hydrogen) atoms. The van der Waals surface area contributed by atoms with Crippen molar-refractivity contribution in [3.8, 4) is 0 Å². The van der Waals surface area contributed by atoms with Gasteiger partial charge >= 0.3 is 12.4 Å². The van der Waals surface area contributed by atoms with Gasteiger partial charge in [-0.15, -0.1) is 0 Å². The van der Waals surface area contributed by atoms with Gasteiger partial charge in [-0.1, -0.05) is 13.8 Å². The van der Waals surface area contributed by atoms with E-state index in [1.807, 2.05) is 0 Å². The summed E-state index contributed by atoms with van der Waals surface area (Å²) in [7, 11) is 0. The van der Waals surface area contributed by atoms with Gasteiger partial charge < -0.3 is 5.32 Å². The summed E-state index contributed by atoms with van der Waals surface area (Å²) in [5.41, 5.74) is -4.38. The van der Waals surface area contributed by atoms with Crippen molar-refractivity contribution in [2.45, 2.75) is 33.1 Å². The van der Waals surface area contributed by atoms with E-state index in [1.54, 1.807) is 19.2 Å². The topological polar surface area (TPSA) is 29.1 Å². The summed E-state index contributed by atoms with van der Waals surface area (Å²) in [4.78, 5) is 11.1. The van der Waals surface area contributed by atoms with Gasteiger partial charge in [0.15, 0.2) is 0 Å². The standard InChI is InChI=1S/C9H13F6NO/c1-5(2)4-16-6(17)7(3,8(10,11)12)9(13,14)15/h5H,4H2,1-3H3,(H,16,17). The quantitative estimate of drug-likeness (QED) is 0.781.